The van der Waals surface area contributed by atoms with E-state index in [0.717, 1.165) is 17.4 Å². The summed E-state index contributed by atoms with van der Waals surface area (Å²) in [5.74, 6) is -0.627. The molecular weight excluding hydrogens is 532 g/mol. The second-order valence-corrected chi connectivity index (χ2v) is 10.1. The van der Waals surface area contributed by atoms with E-state index in [1.54, 1.807) is 22.9 Å². The number of nitrogens with two attached hydrogens (primary N) is 1. The van der Waals surface area contributed by atoms with Crippen LogP contribution in [0, 0.1) is 0 Å². The lowest BCUT2D eigenvalue weighted by Gasteiger charge is -2.31. The Morgan fingerprint density at radius 2 is 2.02 bits per heavy atom. The number of carbonyl (C=O) groups excluding carboxylic acids is 3. The number of hydrogen-bond donors (Lipinski definition) is 3. The minimum absolute atomic E-state index is 0.0386. The van der Waals surface area contributed by atoms with Crippen LogP contribution in [0.25, 0.3) is 17.4 Å². The SMILES string of the molecule is CC/C=C/n1c(N2CCCC(N)C2)nc2c1c(=O)n(CC(=O)c1ccccc1NC(=O)C1COC(=O)N1)c(=O)n2C. The largest absolute Gasteiger partial charge is 0.447 e. The molecule has 2 unspecified atom stereocenters. The van der Waals surface area contributed by atoms with Crippen molar-refractivity contribution in [3.05, 3.63) is 56.7 Å². The van der Waals surface area contributed by atoms with Gasteiger partial charge in [-0.25, -0.2) is 9.59 Å². The highest BCUT2D eigenvalue weighted by atomic mass is 16.6. The molecule has 0 saturated carbocycles. The first-order valence-corrected chi connectivity index (χ1v) is 13.4. The predicted molar refractivity (Wildman–Crippen MR) is 152 cm³/mol. The third kappa shape index (κ3) is 5.37. The summed E-state index contributed by atoms with van der Waals surface area (Å²) in [5.41, 5.74) is 5.48. The first-order valence-electron chi connectivity index (χ1n) is 13.4. The van der Waals surface area contributed by atoms with Crippen molar-refractivity contribution in [2.24, 2.45) is 12.8 Å². The van der Waals surface area contributed by atoms with E-state index in [4.69, 9.17) is 10.5 Å². The maximum Gasteiger partial charge on any atom is 0.407 e. The number of carbonyl (C=O) groups is 3. The van der Waals surface area contributed by atoms with Crippen LogP contribution < -0.4 is 32.5 Å². The van der Waals surface area contributed by atoms with Gasteiger partial charge >= 0.3 is 11.8 Å². The summed E-state index contributed by atoms with van der Waals surface area (Å²) in [4.78, 5) is 71.2. The lowest BCUT2D eigenvalue weighted by Crippen LogP contribution is -2.43. The van der Waals surface area contributed by atoms with Gasteiger partial charge in [0.25, 0.3) is 11.5 Å². The zero-order valence-corrected chi connectivity index (χ0v) is 22.8. The molecule has 216 valence electrons. The quantitative estimate of drug-likeness (QED) is 0.331. The minimum Gasteiger partial charge on any atom is -0.447 e. The van der Waals surface area contributed by atoms with Gasteiger partial charge in [0.15, 0.2) is 16.9 Å². The molecule has 4 heterocycles. The molecule has 2 saturated heterocycles. The maximum absolute atomic E-state index is 13.8. The summed E-state index contributed by atoms with van der Waals surface area (Å²) in [6.45, 7) is 2.52. The fraction of sp³-hybridized carbons (Fsp3) is 0.407. The molecule has 14 heteroatoms. The Morgan fingerprint density at radius 3 is 2.73 bits per heavy atom. The Balaban J connectivity index is 1.53. The molecule has 3 aromatic rings. The van der Waals surface area contributed by atoms with Crippen molar-refractivity contribution in [1.82, 2.24) is 24.0 Å². The number of cyclic esters (lactones) is 1. The van der Waals surface area contributed by atoms with Crippen molar-refractivity contribution in [3.63, 3.8) is 0 Å². The number of hydrogen-bond acceptors (Lipinski definition) is 9. The van der Waals surface area contributed by atoms with E-state index >= 15 is 0 Å². The highest BCUT2D eigenvalue weighted by Crippen LogP contribution is 2.24. The molecule has 2 aliphatic rings. The van der Waals surface area contributed by atoms with Crippen molar-refractivity contribution in [3.8, 4) is 0 Å². The van der Waals surface area contributed by atoms with Gasteiger partial charge in [0.05, 0.1) is 12.2 Å². The molecule has 41 heavy (non-hydrogen) atoms. The van der Waals surface area contributed by atoms with Crippen molar-refractivity contribution in [2.75, 3.05) is 29.9 Å². The van der Waals surface area contributed by atoms with Gasteiger partial charge in [-0.15, -0.1) is 0 Å². The second kappa shape index (κ2) is 11.4. The fourth-order valence-electron chi connectivity index (χ4n) is 5.04. The number of piperidine rings is 1. The van der Waals surface area contributed by atoms with Crippen LogP contribution in [0.3, 0.4) is 0 Å². The van der Waals surface area contributed by atoms with Crippen LogP contribution in [0.5, 0.6) is 0 Å². The number of amides is 2. The maximum atomic E-state index is 13.8. The van der Waals surface area contributed by atoms with Crippen molar-refractivity contribution in [2.45, 2.75) is 44.8 Å². The van der Waals surface area contributed by atoms with Gasteiger partial charge in [-0.2, -0.15) is 4.98 Å². The Morgan fingerprint density at radius 1 is 1.24 bits per heavy atom. The first kappa shape index (κ1) is 27.8. The molecule has 14 nitrogen and oxygen atoms in total. The molecule has 2 atom stereocenters. The molecule has 0 bridgehead atoms. The van der Waals surface area contributed by atoms with Gasteiger partial charge < -0.3 is 26.0 Å². The number of aromatic nitrogens is 4. The Kier molecular flexibility index (Phi) is 7.75. The molecule has 5 rings (SSSR count). The summed E-state index contributed by atoms with van der Waals surface area (Å²) < 4.78 is 8.54. The van der Waals surface area contributed by atoms with Gasteiger partial charge in [0, 0.05) is 37.9 Å². The second-order valence-electron chi connectivity index (χ2n) is 10.1. The van der Waals surface area contributed by atoms with E-state index in [1.165, 1.54) is 23.7 Å². The number of ether oxygens (including phenoxy) is 1. The van der Waals surface area contributed by atoms with Gasteiger partial charge in [0.2, 0.25) is 5.95 Å². The number of allylic oxidation sites excluding steroid dienone is 1. The van der Waals surface area contributed by atoms with Gasteiger partial charge in [0.1, 0.15) is 12.6 Å². The number of rotatable bonds is 8. The molecule has 0 aliphatic carbocycles. The van der Waals surface area contributed by atoms with Gasteiger partial charge in [-0.3, -0.25) is 28.1 Å². The highest BCUT2D eigenvalue weighted by Gasteiger charge is 2.30. The first-order chi connectivity index (χ1) is 19.7. The van der Waals surface area contributed by atoms with Crippen LogP contribution in [0.4, 0.5) is 16.4 Å². The van der Waals surface area contributed by atoms with Crippen LogP contribution in [-0.2, 0) is 23.1 Å². The monoisotopic (exact) mass is 564 g/mol. The van der Waals surface area contributed by atoms with E-state index in [2.05, 4.69) is 15.6 Å². The number of nitrogens with zero attached hydrogens (tertiary/aromatic N) is 5. The molecule has 2 aromatic heterocycles. The Hall–Kier alpha value is -4.72. The normalized spacial score (nSPS) is 19.0. The number of para-hydroxylation sites is 1. The van der Waals surface area contributed by atoms with Crippen LogP contribution >= 0.6 is 0 Å². The predicted octanol–water partition coefficient (Wildman–Crippen LogP) is 0.635. The molecule has 2 amide bonds. The fourth-order valence-corrected chi connectivity index (χ4v) is 5.04. The van der Waals surface area contributed by atoms with E-state index < -0.39 is 41.6 Å². The summed E-state index contributed by atoms with van der Waals surface area (Å²) in [5, 5.41) is 5.00. The van der Waals surface area contributed by atoms with Crippen LogP contribution in [0.1, 0.15) is 36.5 Å². The molecule has 4 N–H and O–H groups in total. The molecule has 1 aromatic carbocycles. The summed E-state index contributed by atoms with van der Waals surface area (Å²) in [6, 6.07) is 5.29. The topological polar surface area (TPSA) is 176 Å². The molecule has 0 radical (unpaired) electrons. The minimum atomic E-state index is -0.914. The molecule has 2 aliphatic heterocycles. The standard InChI is InChI=1S/C27H32N8O6/c1-3-4-12-34-21-22(31-25(34)33-11-7-8-16(28)13-33)32(2)27(40)35(24(21)38)14-20(36)17-9-5-6-10-18(17)29-23(37)19-15-41-26(39)30-19/h4-6,9-10,12,16,19H,3,7-8,11,13-15,28H2,1-2H3,(H,29,37)(H,30,39)/b12-4+. The highest BCUT2D eigenvalue weighted by molar-refractivity contribution is 6.06. The van der Waals surface area contributed by atoms with Crippen molar-refractivity contribution >= 4 is 46.8 Å². The molecule has 0 spiro atoms. The van der Waals surface area contributed by atoms with Gasteiger partial charge in [-0.05, 0) is 31.4 Å². The molecule has 2 fully saturated rings. The number of imidazole rings is 1. The lowest BCUT2D eigenvalue weighted by molar-refractivity contribution is -0.117. The average Bonchev–Trinajstić information content (AvgIpc) is 3.57. The van der Waals surface area contributed by atoms with Crippen LogP contribution in [0.15, 0.2) is 39.9 Å². The summed E-state index contributed by atoms with van der Waals surface area (Å²) in [7, 11) is 1.50. The lowest BCUT2D eigenvalue weighted by atomic mass is 10.1. The zero-order valence-electron chi connectivity index (χ0n) is 22.8. The Bertz CT molecular complexity index is 1670. The Labute approximate surface area is 234 Å². The summed E-state index contributed by atoms with van der Waals surface area (Å²) in [6.07, 6.45) is 5.38. The van der Waals surface area contributed by atoms with E-state index in [1.807, 2.05) is 17.9 Å². The smallest absolute Gasteiger partial charge is 0.407 e. The number of aryl methyl sites for hydroxylation is 1. The third-order valence-electron chi connectivity index (χ3n) is 7.16. The van der Waals surface area contributed by atoms with E-state index in [9.17, 15) is 24.0 Å². The number of anilines is 2. The molecular formula is C27H32N8O6. The number of ketones is 1. The average molecular weight is 565 g/mol. The van der Waals surface area contributed by atoms with E-state index in [0.29, 0.717) is 25.5 Å². The number of fused-ring (bicyclic) bond motifs is 1. The van der Waals surface area contributed by atoms with Crippen molar-refractivity contribution < 1.29 is 19.1 Å². The van der Waals surface area contributed by atoms with Gasteiger partial charge in [-0.1, -0.05) is 25.1 Å². The van der Waals surface area contributed by atoms with Crippen LogP contribution in [0.2, 0.25) is 0 Å². The summed E-state index contributed by atoms with van der Waals surface area (Å²) >= 11 is 0. The van der Waals surface area contributed by atoms with Crippen molar-refractivity contribution in [1.29, 1.82) is 0 Å². The third-order valence-corrected chi connectivity index (χ3v) is 7.16. The van der Waals surface area contributed by atoms with Crippen LogP contribution in [-0.4, -0.2) is 68.2 Å². The number of nitrogens with one attached hydrogen (secondary N) is 2. The van der Waals surface area contributed by atoms with E-state index in [-0.39, 0.29) is 35.1 Å². The number of Topliss-reactive ketones (excluding diaryl/α,β-unsaturated/α-hetero) is 1. The number of benzene rings is 1. The number of alkyl carbamates (subject to hydrolysis) is 1. The zero-order chi connectivity index (χ0) is 29.3.